The SMILES string of the molecule is CONCc1cc(O)c(C)cc1SC. The van der Waals surface area contributed by atoms with Crippen LogP contribution >= 0.6 is 11.8 Å². The van der Waals surface area contributed by atoms with E-state index in [1.165, 1.54) is 0 Å². The summed E-state index contributed by atoms with van der Waals surface area (Å²) in [6.45, 7) is 2.49. The van der Waals surface area contributed by atoms with Crippen molar-refractivity contribution in [3.63, 3.8) is 0 Å². The van der Waals surface area contributed by atoms with Crippen LogP contribution in [0.2, 0.25) is 0 Å². The lowest BCUT2D eigenvalue weighted by Crippen LogP contribution is -2.11. The number of aromatic hydroxyl groups is 1. The molecule has 0 radical (unpaired) electrons. The van der Waals surface area contributed by atoms with Crippen molar-refractivity contribution < 1.29 is 9.94 Å². The minimum Gasteiger partial charge on any atom is -0.508 e. The average Bonchev–Trinajstić information content (AvgIpc) is 2.19. The third-order valence-corrected chi connectivity index (χ3v) is 2.83. The van der Waals surface area contributed by atoms with E-state index in [9.17, 15) is 5.11 Å². The highest BCUT2D eigenvalue weighted by molar-refractivity contribution is 7.98. The fraction of sp³-hybridized carbons (Fsp3) is 0.400. The lowest BCUT2D eigenvalue weighted by Gasteiger charge is -2.10. The van der Waals surface area contributed by atoms with E-state index < -0.39 is 0 Å². The van der Waals surface area contributed by atoms with E-state index in [0.29, 0.717) is 12.3 Å². The molecule has 0 spiro atoms. The maximum absolute atomic E-state index is 9.54. The maximum atomic E-state index is 9.54. The number of benzene rings is 1. The fourth-order valence-electron chi connectivity index (χ4n) is 1.19. The molecule has 0 atom stereocenters. The standard InChI is InChI=1S/C10H15NO2S/c1-7-4-10(14-3)8(5-9(7)12)6-11-13-2/h4-5,11-12H,6H2,1-3H3. The third-order valence-electron chi connectivity index (χ3n) is 2.01. The highest BCUT2D eigenvalue weighted by Crippen LogP contribution is 2.27. The molecule has 2 N–H and O–H groups in total. The van der Waals surface area contributed by atoms with Crippen LogP contribution < -0.4 is 5.48 Å². The first-order chi connectivity index (χ1) is 6.69. The van der Waals surface area contributed by atoms with Crippen molar-refractivity contribution in [1.29, 1.82) is 0 Å². The highest BCUT2D eigenvalue weighted by Gasteiger charge is 2.05. The zero-order chi connectivity index (χ0) is 10.6. The minimum absolute atomic E-state index is 0.329. The molecule has 4 heteroatoms. The summed E-state index contributed by atoms with van der Waals surface area (Å²) in [5, 5.41) is 9.54. The number of rotatable bonds is 4. The number of hydrogen-bond donors (Lipinski definition) is 2. The summed E-state index contributed by atoms with van der Waals surface area (Å²) in [5.74, 6) is 0.329. The molecule has 1 aromatic rings. The highest BCUT2D eigenvalue weighted by atomic mass is 32.2. The van der Waals surface area contributed by atoms with Gasteiger partial charge in [0, 0.05) is 11.4 Å². The second-order valence-corrected chi connectivity index (χ2v) is 3.82. The Morgan fingerprint density at radius 2 is 2.21 bits per heavy atom. The lowest BCUT2D eigenvalue weighted by atomic mass is 10.1. The summed E-state index contributed by atoms with van der Waals surface area (Å²) in [6.07, 6.45) is 2.02. The molecule has 0 aliphatic heterocycles. The zero-order valence-corrected chi connectivity index (χ0v) is 9.44. The Bertz CT molecular complexity index is 315. The summed E-state index contributed by atoms with van der Waals surface area (Å²) in [4.78, 5) is 5.93. The van der Waals surface area contributed by atoms with Crippen molar-refractivity contribution in [2.45, 2.75) is 18.4 Å². The number of thioether (sulfide) groups is 1. The molecule has 0 saturated carbocycles. The average molecular weight is 213 g/mol. The number of nitrogens with one attached hydrogen (secondary N) is 1. The third kappa shape index (κ3) is 2.64. The van der Waals surface area contributed by atoms with E-state index in [1.54, 1.807) is 24.9 Å². The molecule has 0 aromatic heterocycles. The molecule has 0 fully saturated rings. The van der Waals surface area contributed by atoms with Gasteiger partial charge in [0.1, 0.15) is 5.75 Å². The Balaban J connectivity index is 2.95. The monoisotopic (exact) mass is 213 g/mol. The molecule has 0 amide bonds. The molecule has 0 aliphatic carbocycles. The number of phenolic OH excluding ortho intramolecular Hbond substituents is 1. The molecule has 0 unspecified atom stereocenters. The van der Waals surface area contributed by atoms with Gasteiger partial charge in [-0.05, 0) is 36.4 Å². The van der Waals surface area contributed by atoms with E-state index in [-0.39, 0.29) is 0 Å². The van der Waals surface area contributed by atoms with Crippen LogP contribution in [0.5, 0.6) is 5.75 Å². The molecule has 78 valence electrons. The van der Waals surface area contributed by atoms with Crippen molar-refractivity contribution in [3.8, 4) is 5.75 Å². The van der Waals surface area contributed by atoms with Crippen LogP contribution in [0.15, 0.2) is 17.0 Å². The second-order valence-electron chi connectivity index (χ2n) is 2.98. The molecule has 1 rings (SSSR count). The van der Waals surface area contributed by atoms with Crippen molar-refractivity contribution >= 4 is 11.8 Å². The Labute approximate surface area is 88.4 Å². The number of hydrogen-bond acceptors (Lipinski definition) is 4. The predicted octanol–water partition coefficient (Wildman–Crippen LogP) is 2.07. The van der Waals surface area contributed by atoms with E-state index >= 15 is 0 Å². The van der Waals surface area contributed by atoms with Gasteiger partial charge < -0.3 is 9.94 Å². The molecule has 14 heavy (non-hydrogen) atoms. The number of hydroxylamine groups is 1. The largest absolute Gasteiger partial charge is 0.508 e. The van der Waals surface area contributed by atoms with Crippen LogP contribution in [0.3, 0.4) is 0 Å². The predicted molar refractivity (Wildman–Crippen MR) is 58.5 cm³/mol. The Morgan fingerprint density at radius 1 is 1.50 bits per heavy atom. The van der Waals surface area contributed by atoms with Crippen LogP contribution in [-0.4, -0.2) is 18.5 Å². The molecule has 0 heterocycles. The van der Waals surface area contributed by atoms with Crippen molar-refractivity contribution in [2.24, 2.45) is 0 Å². The summed E-state index contributed by atoms with van der Waals surface area (Å²) < 4.78 is 0. The van der Waals surface area contributed by atoms with Gasteiger partial charge in [0.2, 0.25) is 0 Å². The molecule has 0 bridgehead atoms. The van der Waals surface area contributed by atoms with Crippen LogP contribution in [0.25, 0.3) is 0 Å². The van der Waals surface area contributed by atoms with Gasteiger partial charge in [-0.2, -0.15) is 5.48 Å². The number of aryl methyl sites for hydroxylation is 1. The van der Waals surface area contributed by atoms with Gasteiger partial charge >= 0.3 is 0 Å². The first-order valence-corrected chi connectivity index (χ1v) is 5.53. The van der Waals surface area contributed by atoms with E-state index in [4.69, 9.17) is 4.84 Å². The molecule has 1 aromatic carbocycles. The first kappa shape index (κ1) is 11.4. The van der Waals surface area contributed by atoms with Gasteiger partial charge in [0.05, 0.1) is 7.11 Å². The van der Waals surface area contributed by atoms with Gasteiger partial charge in [0.15, 0.2) is 0 Å². The van der Waals surface area contributed by atoms with Crippen molar-refractivity contribution in [1.82, 2.24) is 5.48 Å². The minimum atomic E-state index is 0.329. The lowest BCUT2D eigenvalue weighted by molar-refractivity contribution is 0.0861. The first-order valence-electron chi connectivity index (χ1n) is 4.31. The summed E-state index contributed by atoms with van der Waals surface area (Å²) in [6, 6.07) is 3.75. The molecule has 3 nitrogen and oxygen atoms in total. The van der Waals surface area contributed by atoms with Gasteiger partial charge in [-0.25, -0.2) is 0 Å². The number of phenols is 1. The van der Waals surface area contributed by atoms with E-state index in [0.717, 1.165) is 16.0 Å². The van der Waals surface area contributed by atoms with Crippen LogP contribution in [0.4, 0.5) is 0 Å². The zero-order valence-electron chi connectivity index (χ0n) is 8.63. The molecule has 0 aliphatic rings. The van der Waals surface area contributed by atoms with E-state index in [1.807, 2.05) is 19.2 Å². The van der Waals surface area contributed by atoms with Crippen LogP contribution in [0, 0.1) is 6.92 Å². The second kappa shape index (κ2) is 5.24. The molecule has 0 saturated heterocycles. The van der Waals surface area contributed by atoms with E-state index in [2.05, 4.69) is 5.48 Å². The van der Waals surface area contributed by atoms with Crippen molar-refractivity contribution in [3.05, 3.63) is 23.3 Å². The quantitative estimate of drug-likeness (QED) is 0.593. The Morgan fingerprint density at radius 3 is 2.79 bits per heavy atom. The molecular weight excluding hydrogens is 198 g/mol. The van der Waals surface area contributed by atoms with Crippen LogP contribution in [-0.2, 0) is 11.4 Å². The Hall–Kier alpha value is -0.710. The summed E-state index contributed by atoms with van der Waals surface area (Å²) >= 11 is 1.66. The smallest absolute Gasteiger partial charge is 0.118 e. The normalized spacial score (nSPS) is 10.5. The van der Waals surface area contributed by atoms with Crippen LogP contribution in [0.1, 0.15) is 11.1 Å². The van der Waals surface area contributed by atoms with Crippen molar-refractivity contribution in [2.75, 3.05) is 13.4 Å². The van der Waals surface area contributed by atoms with Gasteiger partial charge in [-0.3, -0.25) is 0 Å². The topological polar surface area (TPSA) is 41.5 Å². The maximum Gasteiger partial charge on any atom is 0.118 e. The summed E-state index contributed by atoms with van der Waals surface area (Å²) in [7, 11) is 1.58. The van der Waals surface area contributed by atoms with Gasteiger partial charge in [0.25, 0.3) is 0 Å². The van der Waals surface area contributed by atoms with Gasteiger partial charge in [-0.1, -0.05) is 0 Å². The fourth-order valence-corrected chi connectivity index (χ4v) is 1.88. The Kier molecular flexibility index (Phi) is 4.25. The molecular formula is C10H15NO2S. The van der Waals surface area contributed by atoms with Gasteiger partial charge in [-0.15, -0.1) is 11.8 Å². The summed E-state index contributed by atoms with van der Waals surface area (Å²) in [5.41, 5.74) is 4.70.